The van der Waals surface area contributed by atoms with Gasteiger partial charge in [0.25, 0.3) is 0 Å². The fourth-order valence-electron chi connectivity index (χ4n) is 1.17. The Morgan fingerprint density at radius 1 is 1.38 bits per heavy atom. The van der Waals surface area contributed by atoms with Crippen molar-refractivity contribution in [2.75, 3.05) is 19.0 Å². The lowest BCUT2D eigenvalue weighted by molar-refractivity contribution is 0.282. The van der Waals surface area contributed by atoms with Crippen molar-refractivity contribution in [1.29, 1.82) is 0 Å². The summed E-state index contributed by atoms with van der Waals surface area (Å²) in [7, 11) is 3.95. The van der Waals surface area contributed by atoms with E-state index in [-0.39, 0.29) is 6.61 Å². The van der Waals surface area contributed by atoms with Gasteiger partial charge in [-0.1, -0.05) is 12.7 Å². The van der Waals surface area contributed by atoms with Gasteiger partial charge in [-0.05, 0) is 29.3 Å². The maximum Gasteiger partial charge on any atom is 0.0682 e. The number of hydrogen-bond donors (Lipinski definition) is 1. The number of aliphatic hydroxyl groups excluding tert-OH is 1. The molecule has 0 atom stereocenters. The number of aliphatic hydroxyl groups is 1. The second kappa shape index (κ2) is 4.10. The summed E-state index contributed by atoms with van der Waals surface area (Å²) in [6.07, 6.45) is 1.78. The van der Waals surface area contributed by atoms with E-state index in [9.17, 15) is 0 Å². The minimum Gasteiger partial charge on any atom is -0.392 e. The number of nitrogens with zero attached hydrogens (tertiary/aromatic N) is 1. The Hall–Kier alpha value is -1.28. The van der Waals surface area contributed by atoms with Crippen molar-refractivity contribution < 1.29 is 5.11 Å². The van der Waals surface area contributed by atoms with Crippen LogP contribution in [0.4, 0.5) is 5.69 Å². The lowest BCUT2D eigenvalue weighted by atomic mass is 10.1. The molecule has 0 heterocycles. The summed E-state index contributed by atoms with van der Waals surface area (Å²) in [4.78, 5) is 2.01. The second-order valence-corrected chi connectivity index (χ2v) is 3.19. The van der Waals surface area contributed by atoms with Gasteiger partial charge in [0.15, 0.2) is 0 Å². The van der Waals surface area contributed by atoms with Crippen molar-refractivity contribution in [2.45, 2.75) is 6.61 Å². The SMILES string of the molecule is C=Cc1cc(CO)cc(N(C)C)c1. The number of anilines is 1. The van der Waals surface area contributed by atoms with Gasteiger partial charge in [-0.3, -0.25) is 0 Å². The summed E-state index contributed by atoms with van der Waals surface area (Å²) in [5.74, 6) is 0. The Morgan fingerprint density at radius 3 is 2.54 bits per heavy atom. The standard InChI is InChI=1S/C11H15NO/c1-4-9-5-10(8-13)7-11(6-9)12(2)3/h4-7,13H,1,8H2,2-3H3. The van der Waals surface area contributed by atoms with Crippen molar-refractivity contribution in [3.8, 4) is 0 Å². The van der Waals surface area contributed by atoms with Gasteiger partial charge in [0, 0.05) is 19.8 Å². The van der Waals surface area contributed by atoms with E-state index in [1.807, 2.05) is 37.2 Å². The second-order valence-electron chi connectivity index (χ2n) is 3.19. The highest BCUT2D eigenvalue weighted by atomic mass is 16.3. The molecule has 13 heavy (non-hydrogen) atoms. The van der Waals surface area contributed by atoms with Crippen LogP contribution < -0.4 is 4.90 Å². The molecule has 0 fully saturated rings. The molecule has 1 aromatic rings. The Labute approximate surface area is 79.1 Å². The molecular weight excluding hydrogens is 162 g/mol. The summed E-state index contributed by atoms with van der Waals surface area (Å²) in [5, 5.41) is 9.01. The zero-order valence-corrected chi connectivity index (χ0v) is 8.12. The average Bonchev–Trinajstić information content (AvgIpc) is 2.16. The zero-order chi connectivity index (χ0) is 9.84. The molecule has 0 aromatic heterocycles. The van der Waals surface area contributed by atoms with E-state index < -0.39 is 0 Å². The zero-order valence-electron chi connectivity index (χ0n) is 8.12. The van der Waals surface area contributed by atoms with E-state index in [0.29, 0.717) is 0 Å². The average molecular weight is 177 g/mol. The highest BCUT2D eigenvalue weighted by Gasteiger charge is 1.99. The van der Waals surface area contributed by atoms with Crippen LogP contribution in [0.3, 0.4) is 0 Å². The summed E-state index contributed by atoms with van der Waals surface area (Å²) in [5.41, 5.74) is 3.04. The molecule has 0 aliphatic rings. The lowest BCUT2D eigenvalue weighted by Gasteiger charge is -2.14. The van der Waals surface area contributed by atoms with Gasteiger partial charge in [-0.2, -0.15) is 0 Å². The summed E-state index contributed by atoms with van der Waals surface area (Å²) < 4.78 is 0. The van der Waals surface area contributed by atoms with Crippen molar-refractivity contribution in [2.24, 2.45) is 0 Å². The molecule has 0 unspecified atom stereocenters. The molecule has 0 spiro atoms. The number of rotatable bonds is 3. The molecule has 0 amide bonds. The normalized spacial score (nSPS) is 9.77. The van der Waals surface area contributed by atoms with E-state index in [1.54, 1.807) is 6.08 Å². The number of hydrogen-bond acceptors (Lipinski definition) is 2. The van der Waals surface area contributed by atoms with Crippen LogP contribution in [0.25, 0.3) is 6.08 Å². The first-order valence-electron chi connectivity index (χ1n) is 4.22. The van der Waals surface area contributed by atoms with Crippen LogP contribution in [0.5, 0.6) is 0 Å². The van der Waals surface area contributed by atoms with Gasteiger partial charge in [-0.15, -0.1) is 0 Å². The number of benzene rings is 1. The third-order valence-electron chi connectivity index (χ3n) is 1.93. The summed E-state index contributed by atoms with van der Waals surface area (Å²) >= 11 is 0. The topological polar surface area (TPSA) is 23.5 Å². The van der Waals surface area contributed by atoms with Gasteiger partial charge in [0.2, 0.25) is 0 Å². The van der Waals surface area contributed by atoms with E-state index in [0.717, 1.165) is 16.8 Å². The Morgan fingerprint density at radius 2 is 2.08 bits per heavy atom. The first-order valence-corrected chi connectivity index (χ1v) is 4.22. The maximum atomic E-state index is 9.01. The molecule has 1 N–H and O–H groups in total. The van der Waals surface area contributed by atoms with Gasteiger partial charge >= 0.3 is 0 Å². The van der Waals surface area contributed by atoms with Crippen LogP contribution in [-0.2, 0) is 6.61 Å². The van der Waals surface area contributed by atoms with E-state index in [4.69, 9.17) is 5.11 Å². The van der Waals surface area contributed by atoms with Gasteiger partial charge in [0.05, 0.1) is 6.61 Å². The molecule has 1 rings (SSSR count). The third-order valence-corrected chi connectivity index (χ3v) is 1.93. The molecule has 70 valence electrons. The van der Waals surface area contributed by atoms with Crippen LogP contribution in [-0.4, -0.2) is 19.2 Å². The van der Waals surface area contributed by atoms with Crippen LogP contribution in [0.1, 0.15) is 11.1 Å². The van der Waals surface area contributed by atoms with Crippen LogP contribution in [0.15, 0.2) is 24.8 Å². The largest absolute Gasteiger partial charge is 0.392 e. The van der Waals surface area contributed by atoms with Crippen molar-refractivity contribution in [3.63, 3.8) is 0 Å². The highest BCUT2D eigenvalue weighted by Crippen LogP contribution is 2.18. The molecule has 2 nitrogen and oxygen atoms in total. The summed E-state index contributed by atoms with van der Waals surface area (Å²) in [6.45, 7) is 3.78. The molecule has 0 aliphatic heterocycles. The molecular formula is C11H15NO. The minimum atomic E-state index is 0.0719. The Balaban J connectivity index is 3.14. The fraction of sp³-hybridized carbons (Fsp3) is 0.273. The molecule has 0 aliphatic carbocycles. The quantitative estimate of drug-likeness (QED) is 0.762. The minimum absolute atomic E-state index is 0.0719. The Kier molecular flexibility index (Phi) is 3.09. The van der Waals surface area contributed by atoms with Crippen molar-refractivity contribution in [1.82, 2.24) is 0 Å². The monoisotopic (exact) mass is 177 g/mol. The Bertz CT molecular complexity index is 305. The first-order chi connectivity index (χ1) is 6.17. The predicted octanol–water partition coefficient (Wildman–Crippen LogP) is 1.89. The van der Waals surface area contributed by atoms with Crippen LogP contribution in [0.2, 0.25) is 0 Å². The van der Waals surface area contributed by atoms with Gasteiger partial charge in [0.1, 0.15) is 0 Å². The maximum absolute atomic E-state index is 9.01. The highest BCUT2D eigenvalue weighted by molar-refractivity contribution is 5.58. The molecule has 1 aromatic carbocycles. The van der Waals surface area contributed by atoms with E-state index >= 15 is 0 Å². The lowest BCUT2D eigenvalue weighted by Crippen LogP contribution is -2.09. The first kappa shape index (κ1) is 9.81. The van der Waals surface area contributed by atoms with E-state index in [2.05, 4.69) is 6.58 Å². The van der Waals surface area contributed by atoms with Crippen molar-refractivity contribution >= 4 is 11.8 Å². The molecule has 0 saturated carbocycles. The summed E-state index contributed by atoms with van der Waals surface area (Å²) in [6, 6.07) is 5.93. The van der Waals surface area contributed by atoms with Crippen LogP contribution >= 0.6 is 0 Å². The fourth-order valence-corrected chi connectivity index (χ4v) is 1.17. The molecule has 0 bridgehead atoms. The predicted molar refractivity (Wildman–Crippen MR) is 56.8 cm³/mol. The molecule has 2 heteroatoms. The van der Waals surface area contributed by atoms with Crippen LogP contribution in [0, 0.1) is 0 Å². The molecule has 0 saturated heterocycles. The van der Waals surface area contributed by atoms with Crippen molar-refractivity contribution in [3.05, 3.63) is 35.9 Å². The van der Waals surface area contributed by atoms with Gasteiger partial charge in [-0.25, -0.2) is 0 Å². The third kappa shape index (κ3) is 2.33. The van der Waals surface area contributed by atoms with Gasteiger partial charge < -0.3 is 10.0 Å². The van der Waals surface area contributed by atoms with E-state index in [1.165, 1.54) is 0 Å². The smallest absolute Gasteiger partial charge is 0.0682 e. The molecule has 0 radical (unpaired) electrons.